The van der Waals surface area contributed by atoms with Gasteiger partial charge in [0.05, 0.1) is 5.56 Å². The van der Waals surface area contributed by atoms with E-state index >= 15 is 0 Å². The number of rotatable bonds is 3. The van der Waals surface area contributed by atoms with Crippen LogP contribution in [0.2, 0.25) is 10.2 Å². The molecule has 3 nitrogen and oxygen atoms in total. The van der Waals surface area contributed by atoms with Gasteiger partial charge in [-0.25, -0.2) is 4.98 Å². The number of carbonyl (C=O) groups excluding carboxylic acids is 1. The number of benzene rings is 1. The van der Waals surface area contributed by atoms with E-state index in [0.717, 1.165) is 9.13 Å². The van der Waals surface area contributed by atoms with Crippen LogP contribution in [0, 0.1) is 3.57 Å². The highest BCUT2D eigenvalue weighted by Gasteiger charge is 2.15. The van der Waals surface area contributed by atoms with Gasteiger partial charge < -0.3 is 4.90 Å². The number of halogens is 3. The number of nitrogens with zero attached hydrogens (tertiary/aromatic N) is 2. The van der Waals surface area contributed by atoms with Crippen molar-refractivity contribution in [2.75, 3.05) is 7.05 Å². The highest BCUT2D eigenvalue weighted by molar-refractivity contribution is 14.1. The Labute approximate surface area is 141 Å². The number of amides is 1. The van der Waals surface area contributed by atoms with Crippen LogP contribution in [0.3, 0.4) is 0 Å². The molecule has 0 fully saturated rings. The number of hydrogen-bond acceptors (Lipinski definition) is 2. The van der Waals surface area contributed by atoms with Gasteiger partial charge in [0.2, 0.25) is 0 Å². The average molecular weight is 421 g/mol. The molecule has 0 bridgehead atoms. The lowest BCUT2D eigenvalue weighted by Gasteiger charge is -2.18. The molecule has 1 aromatic carbocycles. The molecule has 1 heterocycles. The molecule has 0 N–H and O–H groups in total. The van der Waals surface area contributed by atoms with E-state index < -0.39 is 0 Å². The summed E-state index contributed by atoms with van der Waals surface area (Å²) in [6, 6.07) is 8.79. The lowest BCUT2D eigenvalue weighted by molar-refractivity contribution is 0.0784. The van der Waals surface area contributed by atoms with E-state index in [4.69, 9.17) is 23.2 Å². The first-order valence-corrected chi connectivity index (χ1v) is 7.62. The van der Waals surface area contributed by atoms with Crippen molar-refractivity contribution in [2.45, 2.75) is 6.54 Å². The Morgan fingerprint density at radius 1 is 1.30 bits per heavy atom. The van der Waals surface area contributed by atoms with Crippen LogP contribution in [0.1, 0.15) is 15.9 Å². The standard InChI is InChI=1S/C14H11Cl2IN2O/c1-19(8-9-2-5-13(16)18-7-9)14(20)11-4-3-10(15)6-12(11)17/h2-7H,8H2,1H3. The lowest BCUT2D eigenvalue weighted by Crippen LogP contribution is -2.26. The number of aromatic nitrogens is 1. The summed E-state index contributed by atoms with van der Waals surface area (Å²) in [5, 5.41) is 1.06. The van der Waals surface area contributed by atoms with Crippen LogP contribution in [-0.4, -0.2) is 22.8 Å². The zero-order valence-corrected chi connectivity index (χ0v) is 14.3. The molecule has 2 aromatic rings. The summed E-state index contributed by atoms with van der Waals surface area (Å²) >= 11 is 13.7. The van der Waals surface area contributed by atoms with E-state index in [2.05, 4.69) is 27.6 Å². The fraction of sp³-hybridized carbons (Fsp3) is 0.143. The van der Waals surface area contributed by atoms with Crippen LogP contribution >= 0.6 is 45.8 Å². The second-order valence-electron chi connectivity index (χ2n) is 4.27. The third-order valence-electron chi connectivity index (χ3n) is 2.72. The lowest BCUT2D eigenvalue weighted by atomic mass is 10.2. The zero-order chi connectivity index (χ0) is 14.7. The molecule has 6 heteroatoms. The van der Waals surface area contributed by atoms with Gasteiger partial charge in [0, 0.05) is 28.4 Å². The predicted octanol–water partition coefficient (Wildman–Crippen LogP) is 4.27. The second kappa shape index (κ2) is 6.74. The largest absolute Gasteiger partial charge is 0.337 e. The fourth-order valence-corrected chi connectivity index (χ4v) is 2.93. The zero-order valence-electron chi connectivity index (χ0n) is 10.6. The van der Waals surface area contributed by atoms with Crippen molar-refractivity contribution < 1.29 is 4.79 Å². The van der Waals surface area contributed by atoms with Crippen LogP contribution in [0.4, 0.5) is 0 Å². The van der Waals surface area contributed by atoms with Gasteiger partial charge >= 0.3 is 0 Å². The summed E-state index contributed by atoms with van der Waals surface area (Å²) in [7, 11) is 1.75. The maximum atomic E-state index is 12.4. The molecule has 0 spiro atoms. The highest BCUT2D eigenvalue weighted by atomic mass is 127. The maximum absolute atomic E-state index is 12.4. The van der Waals surface area contributed by atoms with Crippen molar-refractivity contribution in [2.24, 2.45) is 0 Å². The van der Waals surface area contributed by atoms with Gasteiger partial charge in [-0.05, 0) is 52.4 Å². The monoisotopic (exact) mass is 420 g/mol. The molecule has 1 amide bonds. The van der Waals surface area contributed by atoms with Crippen LogP contribution in [0.5, 0.6) is 0 Å². The molecule has 0 aliphatic heterocycles. The van der Waals surface area contributed by atoms with E-state index in [0.29, 0.717) is 22.3 Å². The summed E-state index contributed by atoms with van der Waals surface area (Å²) < 4.78 is 0.834. The minimum absolute atomic E-state index is 0.0546. The SMILES string of the molecule is CN(Cc1ccc(Cl)nc1)C(=O)c1ccc(Cl)cc1I. The van der Waals surface area contributed by atoms with Gasteiger partial charge in [0.25, 0.3) is 5.91 Å². The minimum atomic E-state index is -0.0546. The first-order chi connectivity index (χ1) is 9.47. The van der Waals surface area contributed by atoms with E-state index in [9.17, 15) is 4.79 Å². The highest BCUT2D eigenvalue weighted by Crippen LogP contribution is 2.20. The quantitative estimate of drug-likeness (QED) is 0.548. The first-order valence-electron chi connectivity index (χ1n) is 5.78. The van der Waals surface area contributed by atoms with E-state index in [1.807, 2.05) is 6.07 Å². The molecule has 104 valence electrons. The van der Waals surface area contributed by atoms with Crippen LogP contribution in [0.25, 0.3) is 0 Å². The van der Waals surface area contributed by atoms with E-state index in [-0.39, 0.29) is 5.91 Å². The third-order valence-corrected chi connectivity index (χ3v) is 4.07. The summed E-state index contributed by atoms with van der Waals surface area (Å²) in [6.45, 7) is 0.474. The molecule has 20 heavy (non-hydrogen) atoms. The van der Waals surface area contributed by atoms with Gasteiger partial charge in [-0.1, -0.05) is 29.3 Å². The van der Waals surface area contributed by atoms with Gasteiger partial charge in [-0.3, -0.25) is 4.79 Å². The van der Waals surface area contributed by atoms with Crippen molar-refractivity contribution in [3.8, 4) is 0 Å². The maximum Gasteiger partial charge on any atom is 0.254 e. The molecule has 0 radical (unpaired) electrons. The molecule has 0 unspecified atom stereocenters. The molecule has 0 atom stereocenters. The molecule has 0 saturated carbocycles. The summed E-state index contributed by atoms with van der Waals surface area (Å²) in [6.07, 6.45) is 1.67. The predicted molar refractivity (Wildman–Crippen MR) is 89.2 cm³/mol. The Bertz CT molecular complexity index is 632. The van der Waals surface area contributed by atoms with Crippen molar-refractivity contribution in [1.29, 1.82) is 0 Å². The van der Waals surface area contributed by atoms with E-state index in [1.54, 1.807) is 42.4 Å². The minimum Gasteiger partial charge on any atom is -0.337 e. The Hall–Kier alpha value is -0.850. The smallest absolute Gasteiger partial charge is 0.254 e. The van der Waals surface area contributed by atoms with Gasteiger partial charge in [-0.2, -0.15) is 0 Å². The molecule has 2 rings (SSSR count). The summed E-state index contributed by atoms with van der Waals surface area (Å²) in [5.41, 5.74) is 1.56. The van der Waals surface area contributed by atoms with Crippen molar-refractivity contribution >= 4 is 51.7 Å². The van der Waals surface area contributed by atoms with Crippen molar-refractivity contribution in [3.63, 3.8) is 0 Å². The Balaban J connectivity index is 2.14. The second-order valence-corrected chi connectivity index (χ2v) is 6.26. The van der Waals surface area contributed by atoms with Gasteiger partial charge in [0.1, 0.15) is 5.15 Å². The van der Waals surface area contributed by atoms with Gasteiger partial charge in [0.15, 0.2) is 0 Å². The molecule has 0 saturated heterocycles. The molecular formula is C14H11Cl2IN2O. The number of pyridine rings is 1. The van der Waals surface area contributed by atoms with Crippen molar-refractivity contribution in [3.05, 3.63) is 61.4 Å². The third kappa shape index (κ3) is 3.84. The molecule has 0 aliphatic carbocycles. The molecular weight excluding hydrogens is 410 g/mol. The first kappa shape index (κ1) is 15.5. The van der Waals surface area contributed by atoms with Crippen molar-refractivity contribution in [1.82, 2.24) is 9.88 Å². The van der Waals surface area contributed by atoms with Crippen LogP contribution in [0.15, 0.2) is 36.5 Å². The Morgan fingerprint density at radius 2 is 2.05 bits per heavy atom. The summed E-state index contributed by atoms with van der Waals surface area (Å²) in [4.78, 5) is 18.0. The van der Waals surface area contributed by atoms with Crippen LogP contribution < -0.4 is 0 Å². The number of hydrogen-bond donors (Lipinski definition) is 0. The average Bonchev–Trinajstić information content (AvgIpc) is 2.40. The topological polar surface area (TPSA) is 33.2 Å². The van der Waals surface area contributed by atoms with Gasteiger partial charge in [-0.15, -0.1) is 0 Å². The number of carbonyl (C=O) groups is 1. The Kier molecular flexibility index (Phi) is 5.23. The molecule has 0 aliphatic rings. The fourth-order valence-electron chi connectivity index (χ4n) is 1.71. The Morgan fingerprint density at radius 3 is 2.65 bits per heavy atom. The normalized spacial score (nSPS) is 10.4. The van der Waals surface area contributed by atoms with Crippen LogP contribution in [-0.2, 0) is 6.54 Å². The van der Waals surface area contributed by atoms with E-state index in [1.165, 1.54) is 0 Å². The summed E-state index contributed by atoms with van der Waals surface area (Å²) in [5.74, 6) is -0.0546. The molecule has 1 aromatic heterocycles.